The summed E-state index contributed by atoms with van der Waals surface area (Å²) in [6, 6.07) is 2.90. The lowest BCUT2D eigenvalue weighted by Gasteiger charge is -2.12. The quantitative estimate of drug-likeness (QED) is 0.185. The Morgan fingerprint density at radius 2 is 1.88 bits per heavy atom. The van der Waals surface area contributed by atoms with E-state index in [-0.39, 0.29) is 25.6 Å². The van der Waals surface area contributed by atoms with Crippen molar-refractivity contribution in [1.29, 1.82) is 0 Å². The first-order valence-electron chi connectivity index (χ1n) is 7.70. The number of cyclic esters (lactones) is 1. The number of nitrogen functional groups attached to an aromatic ring is 1. The van der Waals surface area contributed by atoms with Crippen LogP contribution < -0.4 is 10.5 Å². The Balaban J connectivity index is 0.000000471. The number of nitrogens with two attached hydrogens (primary N) is 1. The number of anilines is 2. The second-order valence-electron chi connectivity index (χ2n) is 4.61. The van der Waals surface area contributed by atoms with Gasteiger partial charge >= 0.3 is 25.5 Å². The van der Waals surface area contributed by atoms with Gasteiger partial charge in [0.15, 0.2) is 11.6 Å². The van der Waals surface area contributed by atoms with Crippen LogP contribution in [0, 0.1) is 0 Å². The van der Waals surface area contributed by atoms with Crippen molar-refractivity contribution in [1.82, 2.24) is 14.6 Å². The van der Waals surface area contributed by atoms with Crippen LogP contribution in [-0.4, -0.2) is 73.8 Å². The van der Waals surface area contributed by atoms with Crippen LogP contribution in [-0.2, 0) is 29.0 Å². The third kappa shape index (κ3) is 13.6. The Bertz CT molecular complexity index is 1040. The van der Waals surface area contributed by atoms with Gasteiger partial charge in [-0.1, -0.05) is 30.6 Å². The molecule has 0 radical (unpaired) electrons. The highest BCUT2D eigenvalue weighted by atomic mass is 79.9. The van der Waals surface area contributed by atoms with E-state index in [1.54, 1.807) is 6.07 Å². The molecule has 16 nitrogen and oxygen atoms in total. The number of carbonyl (C=O) groups is 1. The average molecular weight is 584 g/mol. The fraction of sp³-hybridized carbons (Fsp3) is 0.333. The number of amides is 1. The number of rotatable bonds is 5. The van der Waals surface area contributed by atoms with E-state index in [1.807, 2.05) is 0 Å². The standard InChI is InChI=1S/C6H7N3O5S.C3H4N2O.C2H5BrO.CClNO3S/c10-6-9(2-4-13-6)15(11,12)8-5-1-3-14-7-5;4-3-1-2-6-5-3;3-1-2-4;2-7(5,6)3-1-4/h1,3H,2,4H2,(H,7,8);1-2H,(H2,4,5);4H,1-2H2;. The van der Waals surface area contributed by atoms with Gasteiger partial charge in [0, 0.05) is 28.1 Å². The topological polar surface area (TPSA) is 238 Å². The molecule has 3 heterocycles. The van der Waals surface area contributed by atoms with Crippen molar-refractivity contribution in [3.63, 3.8) is 0 Å². The zero-order chi connectivity index (χ0) is 24.6. The molecule has 20 heteroatoms. The molecule has 0 aromatic carbocycles. The summed E-state index contributed by atoms with van der Waals surface area (Å²) >= 11 is 3.00. The van der Waals surface area contributed by atoms with Gasteiger partial charge in [0.05, 0.1) is 13.2 Å². The first-order chi connectivity index (χ1) is 15.0. The number of carbonyl (C=O) groups excluding carboxylic acids is 2. The van der Waals surface area contributed by atoms with Crippen molar-refractivity contribution < 1.29 is 45.3 Å². The predicted octanol–water partition coefficient (Wildman–Crippen LogP) is 0.220. The van der Waals surface area contributed by atoms with E-state index in [0.717, 1.165) is 6.08 Å². The predicted molar refractivity (Wildman–Crippen MR) is 112 cm³/mol. The van der Waals surface area contributed by atoms with E-state index in [2.05, 4.69) is 59.8 Å². The maximum Gasteiger partial charge on any atom is 0.425 e. The van der Waals surface area contributed by atoms with E-state index in [0.29, 0.717) is 15.5 Å². The molecule has 1 fully saturated rings. The Morgan fingerprint density at radius 1 is 1.28 bits per heavy atom. The molecule has 0 unspecified atom stereocenters. The summed E-state index contributed by atoms with van der Waals surface area (Å²) in [5.41, 5.74) is 5.07. The number of nitrogens with zero attached hydrogens (tertiary/aromatic N) is 4. The molecule has 1 aliphatic heterocycles. The first-order valence-corrected chi connectivity index (χ1v) is 12.5. The molecule has 0 aliphatic carbocycles. The molecule has 2 aromatic heterocycles. The number of nitrogens with one attached hydrogen (secondary N) is 1. The molecular formula is C12H16BrClN6O10S2. The fourth-order valence-electron chi connectivity index (χ4n) is 1.32. The molecule has 3 rings (SSSR count). The molecule has 1 aliphatic rings. The molecule has 4 N–H and O–H groups in total. The summed E-state index contributed by atoms with van der Waals surface area (Å²) < 4.78 is 60.3. The minimum absolute atomic E-state index is 0.00792. The fourth-order valence-corrected chi connectivity index (χ4v) is 2.53. The molecule has 0 bridgehead atoms. The van der Waals surface area contributed by atoms with Crippen LogP contribution >= 0.6 is 26.6 Å². The Labute approximate surface area is 194 Å². The summed E-state index contributed by atoms with van der Waals surface area (Å²) in [6.07, 6.45) is 2.50. The number of alkyl halides is 1. The molecule has 1 amide bonds. The zero-order valence-corrected chi connectivity index (χ0v) is 19.7. The van der Waals surface area contributed by atoms with Crippen LogP contribution in [0.5, 0.6) is 0 Å². The van der Waals surface area contributed by atoms with E-state index in [1.165, 1.54) is 18.6 Å². The second-order valence-corrected chi connectivity index (χ2v) is 9.17. The summed E-state index contributed by atoms with van der Waals surface area (Å²) in [5.74, 6) is 0.435. The monoisotopic (exact) mass is 582 g/mol. The number of halogens is 2. The number of aliphatic hydroxyl groups is 1. The van der Waals surface area contributed by atoms with Crippen molar-refractivity contribution in [2.24, 2.45) is 4.40 Å². The van der Waals surface area contributed by atoms with Crippen LogP contribution in [0.25, 0.3) is 0 Å². The summed E-state index contributed by atoms with van der Waals surface area (Å²) in [6.45, 7) is 0.282. The minimum atomic E-state index is -4.00. The normalized spacial score (nSPS) is 12.5. The van der Waals surface area contributed by atoms with Gasteiger partial charge in [-0.05, 0) is 0 Å². The van der Waals surface area contributed by atoms with Crippen molar-refractivity contribution in [2.45, 2.75) is 0 Å². The molecule has 1 saturated heterocycles. The molecule has 0 spiro atoms. The molecule has 0 saturated carbocycles. The lowest BCUT2D eigenvalue weighted by molar-refractivity contribution is 0.170. The number of hydrogen-bond donors (Lipinski definition) is 3. The molecule has 32 heavy (non-hydrogen) atoms. The number of aliphatic hydroxyl groups excluding tert-OH is 1. The van der Waals surface area contributed by atoms with Gasteiger partial charge in [-0.15, -0.1) is 0 Å². The Morgan fingerprint density at radius 3 is 2.16 bits per heavy atom. The summed E-state index contributed by atoms with van der Waals surface area (Å²) in [7, 11) is -3.57. The zero-order valence-electron chi connectivity index (χ0n) is 15.7. The van der Waals surface area contributed by atoms with Crippen molar-refractivity contribution in [3.05, 3.63) is 24.7 Å². The van der Waals surface area contributed by atoms with E-state index in [4.69, 9.17) is 15.6 Å². The van der Waals surface area contributed by atoms with Gasteiger partial charge in [0.1, 0.15) is 19.1 Å². The highest BCUT2D eigenvalue weighted by Gasteiger charge is 2.33. The minimum Gasteiger partial charge on any atom is -0.447 e. The smallest absolute Gasteiger partial charge is 0.425 e. The molecule has 2 aromatic rings. The van der Waals surface area contributed by atoms with Crippen LogP contribution in [0.4, 0.5) is 16.4 Å². The SMILES string of the molecule is Nc1ccon1.O=C1OCCN1S(=O)(=O)Nc1ccon1.O=C=NS(=O)(=O)Cl.OCCBr. The maximum absolute atomic E-state index is 11.5. The Hall–Kier alpha value is -2.70. The summed E-state index contributed by atoms with van der Waals surface area (Å²) in [5, 5.41) is 15.2. The number of isocyanates is 1. The highest BCUT2D eigenvalue weighted by molar-refractivity contribution is 9.09. The number of ether oxygens (including phenoxy) is 1. The molecular weight excluding hydrogens is 568 g/mol. The van der Waals surface area contributed by atoms with Crippen LogP contribution in [0.3, 0.4) is 0 Å². The van der Waals surface area contributed by atoms with Crippen LogP contribution in [0.2, 0.25) is 0 Å². The number of aromatic nitrogens is 2. The van der Waals surface area contributed by atoms with Crippen molar-refractivity contribution >= 4 is 69.9 Å². The van der Waals surface area contributed by atoms with Crippen LogP contribution in [0.15, 0.2) is 38.1 Å². The third-order valence-electron chi connectivity index (χ3n) is 2.37. The van der Waals surface area contributed by atoms with Gasteiger partial charge in [-0.3, -0.25) is 0 Å². The van der Waals surface area contributed by atoms with Crippen molar-refractivity contribution in [2.75, 3.05) is 35.5 Å². The van der Waals surface area contributed by atoms with E-state index in [9.17, 15) is 21.6 Å². The maximum atomic E-state index is 11.5. The lowest BCUT2D eigenvalue weighted by Crippen LogP contribution is -2.36. The first kappa shape index (κ1) is 29.3. The van der Waals surface area contributed by atoms with Crippen LogP contribution in [0.1, 0.15) is 0 Å². The number of hydrogen-bond acceptors (Lipinski definition) is 13. The van der Waals surface area contributed by atoms with Gasteiger partial charge in [0.2, 0.25) is 0 Å². The third-order valence-corrected chi connectivity index (χ3v) is 4.61. The largest absolute Gasteiger partial charge is 0.447 e. The van der Waals surface area contributed by atoms with Crippen molar-refractivity contribution in [3.8, 4) is 0 Å². The Kier molecular flexibility index (Phi) is 13.9. The van der Waals surface area contributed by atoms with Gasteiger partial charge in [-0.2, -0.15) is 21.1 Å². The van der Waals surface area contributed by atoms with Gasteiger partial charge < -0.3 is 24.6 Å². The van der Waals surface area contributed by atoms with E-state index >= 15 is 0 Å². The second kappa shape index (κ2) is 15.2. The summed E-state index contributed by atoms with van der Waals surface area (Å²) in [4.78, 5) is 20.1. The lowest BCUT2D eigenvalue weighted by atomic mass is 10.7. The highest BCUT2D eigenvalue weighted by Crippen LogP contribution is 2.13. The van der Waals surface area contributed by atoms with Gasteiger partial charge in [-0.25, -0.2) is 14.3 Å². The molecule has 0 atom stereocenters. The van der Waals surface area contributed by atoms with E-state index < -0.39 is 25.5 Å². The average Bonchev–Trinajstić information content (AvgIpc) is 3.46. The molecule has 180 valence electrons. The van der Waals surface area contributed by atoms with Gasteiger partial charge in [0.25, 0.3) is 6.08 Å².